The van der Waals surface area contributed by atoms with E-state index < -0.39 is 11.7 Å². The number of quaternary nitrogens is 1. The second-order valence-electron chi connectivity index (χ2n) is 6.45. The number of anilines is 1. The van der Waals surface area contributed by atoms with Crippen LogP contribution in [-0.2, 0) is 12.7 Å². The Morgan fingerprint density at radius 3 is 2.29 bits per heavy atom. The molecule has 128 valence electrons. The number of hydrogen-bond donors (Lipinski definition) is 1. The van der Waals surface area contributed by atoms with Crippen molar-refractivity contribution in [2.45, 2.75) is 19.6 Å². The molecule has 0 aromatic heterocycles. The first kappa shape index (κ1) is 16.8. The van der Waals surface area contributed by atoms with Gasteiger partial charge in [-0.3, -0.25) is 0 Å². The molecule has 3 rings (SSSR count). The van der Waals surface area contributed by atoms with Crippen LogP contribution in [0.15, 0.2) is 48.5 Å². The molecule has 0 bridgehead atoms. The molecule has 0 atom stereocenters. The zero-order valence-electron chi connectivity index (χ0n) is 13.7. The van der Waals surface area contributed by atoms with Gasteiger partial charge in [-0.05, 0) is 25.1 Å². The number of alkyl halides is 3. The summed E-state index contributed by atoms with van der Waals surface area (Å²) in [5.41, 5.74) is 2.65. The van der Waals surface area contributed by atoms with E-state index in [4.69, 9.17) is 0 Å². The Labute approximate surface area is 140 Å². The van der Waals surface area contributed by atoms with Gasteiger partial charge in [0.05, 0.1) is 31.7 Å². The fourth-order valence-corrected chi connectivity index (χ4v) is 3.13. The topological polar surface area (TPSA) is 7.68 Å². The summed E-state index contributed by atoms with van der Waals surface area (Å²) in [5, 5.41) is 0. The van der Waals surface area contributed by atoms with Crippen LogP contribution < -0.4 is 9.80 Å². The van der Waals surface area contributed by atoms with Crippen molar-refractivity contribution in [3.8, 4) is 0 Å². The molecular weight excluding hydrogens is 313 g/mol. The Hall–Kier alpha value is -2.01. The number of halogens is 3. The maximum atomic E-state index is 12.8. The highest BCUT2D eigenvalue weighted by Crippen LogP contribution is 2.31. The molecule has 1 fully saturated rings. The fourth-order valence-electron chi connectivity index (χ4n) is 3.13. The van der Waals surface area contributed by atoms with Crippen molar-refractivity contribution in [3.05, 3.63) is 65.2 Å². The largest absolute Gasteiger partial charge is 0.416 e. The summed E-state index contributed by atoms with van der Waals surface area (Å²) in [6.07, 6.45) is -4.28. The van der Waals surface area contributed by atoms with Crippen LogP contribution in [0.25, 0.3) is 0 Å². The number of nitrogens with zero attached hydrogens (tertiary/aromatic N) is 1. The monoisotopic (exact) mass is 335 g/mol. The first-order valence-corrected chi connectivity index (χ1v) is 8.23. The van der Waals surface area contributed by atoms with Crippen molar-refractivity contribution < 1.29 is 18.1 Å². The first-order chi connectivity index (χ1) is 11.4. The second-order valence-corrected chi connectivity index (χ2v) is 6.45. The molecule has 0 unspecified atom stereocenters. The van der Waals surface area contributed by atoms with E-state index in [2.05, 4.69) is 31.2 Å². The summed E-state index contributed by atoms with van der Waals surface area (Å²) in [5.74, 6) is 0. The molecule has 1 aliphatic heterocycles. The van der Waals surface area contributed by atoms with E-state index in [1.165, 1.54) is 28.2 Å². The summed E-state index contributed by atoms with van der Waals surface area (Å²) in [6.45, 7) is 6.47. The van der Waals surface area contributed by atoms with Crippen LogP contribution >= 0.6 is 0 Å². The molecule has 1 saturated heterocycles. The van der Waals surface area contributed by atoms with Gasteiger partial charge in [-0.15, -0.1) is 0 Å². The van der Waals surface area contributed by atoms with Crippen LogP contribution in [0, 0.1) is 6.92 Å². The number of hydrogen-bond acceptors (Lipinski definition) is 1. The van der Waals surface area contributed by atoms with Crippen molar-refractivity contribution in [1.82, 2.24) is 0 Å². The Balaban J connectivity index is 1.60. The van der Waals surface area contributed by atoms with Gasteiger partial charge in [0.15, 0.2) is 0 Å². The number of benzene rings is 2. The lowest BCUT2D eigenvalue weighted by Gasteiger charge is -2.34. The van der Waals surface area contributed by atoms with Gasteiger partial charge in [-0.1, -0.05) is 35.9 Å². The summed E-state index contributed by atoms with van der Waals surface area (Å²) >= 11 is 0. The highest BCUT2D eigenvalue weighted by atomic mass is 19.4. The van der Waals surface area contributed by atoms with Crippen molar-refractivity contribution in [2.24, 2.45) is 0 Å². The van der Waals surface area contributed by atoms with Crippen LogP contribution in [0.2, 0.25) is 0 Å². The standard InChI is InChI=1S/C19H21F3N2/c1-15-5-7-16(8-6-15)14-23-9-11-24(12-10-23)18-4-2-3-17(13-18)19(20,21)22/h2-8,13H,9-12,14H2,1H3/p+1. The number of aryl methyl sites for hydroxylation is 1. The van der Waals surface area contributed by atoms with Crippen LogP contribution in [0.4, 0.5) is 18.9 Å². The number of piperazine rings is 1. The van der Waals surface area contributed by atoms with E-state index in [1.54, 1.807) is 6.07 Å². The third-order valence-corrected chi connectivity index (χ3v) is 4.58. The molecule has 2 aromatic rings. The van der Waals surface area contributed by atoms with Crippen LogP contribution in [0.1, 0.15) is 16.7 Å². The normalized spacial score (nSPS) is 16.4. The zero-order valence-corrected chi connectivity index (χ0v) is 13.7. The average molecular weight is 335 g/mol. The first-order valence-electron chi connectivity index (χ1n) is 8.23. The van der Waals surface area contributed by atoms with Crippen LogP contribution in [0.5, 0.6) is 0 Å². The quantitative estimate of drug-likeness (QED) is 0.906. The molecule has 0 saturated carbocycles. The Morgan fingerprint density at radius 2 is 1.67 bits per heavy atom. The number of rotatable bonds is 3. The van der Waals surface area contributed by atoms with E-state index in [9.17, 15) is 13.2 Å². The van der Waals surface area contributed by atoms with Crippen molar-refractivity contribution in [2.75, 3.05) is 31.1 Å². The minimum absolute atomic E-state index is 0.575. The molecule has 2 aromatic carbocycles. The van der Waals surface area contributed by atoms with Gasteiger partial charge in [0, 0.05) is 11.3 Å². The molecule has 1 heterocycles. The summed E-state index contributed by atoms with van der Waals surface area (Å²) < 4.78 is 38.5. The van der Waals surface area contributed by atoms with Crippen molar-refractivity contribution in [3.63, 3.8) is 0 Å². The highest BCUT2D eigenvalue weighted by molar-refractivity contribution is 5.49. The smallest absolute Gasteiger partial charge is 0.360 e. The Morgan fingerprint density at radius 1 is 1.00 bits per heavy atom. The van der Waals surface area contributed by atoms with Gasteiger partial charge in [-0.25, -0.2) is 0 Å². The predicted octanol–water partition coefficient (Wildman–Crippen LogP) is 2.92. The maximum absolute atomic E-state index is 12.8. The summed E-state index contributed by atoms with van der Waals surface area (Å²) in [7, 11) is 0. The third kappa shape index (κ3) is 4.09. The summed E-state index contributed by atoms with van der Waals surface area (Å²) in [6, 6.07) is 14.2. The van der Waals surface area contributed by atoms with Crippen LogP contribution in [-0.4, -0.2) is 26.2 Å². The van der Waals surface area contributed by atoms with Gasteiger partial charge in [0.25, 0.3) is 0 Å². The molecular formula is C19H22F3N2+. The minimum Gasteiger partial charge on any atom is -0.360 e. The Bertz CT molecular complexity index is 672. The van der Waals surface area contributed by atoms with Crippen molar-refractivity contribution >= 4 is 5.69 Å². The molecule has 1 aliphatic rings. The predicted molar refractivity (Wildman–Crippen MR) is 89.2 cm³/mol. The van der Waals surface area contributed by atoms with Crippen LogP contribution in [0.3, 0.4) is 0 Å². The van der Waals surface area contributed by atoms with Gasteiger partial charge >= 0.3 is 6.18 Å². The van der Waals surface area contributed by atoms with Gasteiger partial charge in [-0.2, -0.15) is 13.2 Å². The third-order valence-electron chi connectivity index (χ3n) is 4.58. The Kier molecular flexibility index (Phi) is 4.81. The highest BCUT2D eigenvalue weighted by Gasteiger charge is 2.31. The minimum atomic E-state index is -4.28. The lowest BCUT2D eigenvalue weighted by molar-refractivity contribution is -0.914. The van der Waals surface area contributed by atoms with E-state index in [0.29, 0.717) is 5.69 Å². The lowest BCUT2D eigenvalue weighted by Crippen LogP contribution is -3.13. The lowest BCUT2D eigenvalue weighted by atomic mass is 10.1. The van der Waals surface area contributed by atoms with Gasteiger partial charge < -0.3 is 9.80 Å². The number of nitrogens with one attached hydrogen (secondary N) is 1. The van der Waals surface area contributed by atoms with Gasteiger partial charge in [0.1, 0.15) is 6.54 Å². The van der Waals surface area contributed by atoms with Crippen molar-refractivity contribution in [1.29, 1.82) is 0 Å². The SMILES string of the molecule is Cc1ccc(C[NH+]2CCN(c3cccc(C(F)(F)F)c3)CC2)cc1. The van der Waals surface area contributed by atoms with Gasteiger partial charge in [0.2, 0.25) is 0 Å². The molecule has 2 nitrogen and oxygen atoms in total. The molecule has 5 heteroatoms. The molecule has 0 spiro atoms. The fraction of sp³-hybridized carbons (Fsp3) is 0.368. The summed E-state index contributed by atoms with van der Waals surface area (Å²) in [4.78, 5) is 3.52. The van der Waals surface area contributed by atoms with E-state index >= 15 is 0 Å². The van der Waals surface area contributed by atoms with E-state index in [1.807, 2.05) is 4.90 Å². The molecule has 0 radical (unpaired) electrons. The molecule has 0 aliphatic carbocycles. The zero-order chi connectivity index (χ0) is 17.2. The molecule has 24 heavy (non-hydrogen) atoms. The molecule has 1 N–H and O–H groups in total. The second kappa shape index (κ2) is 6.85. The molecule has 0 amide bonds. The average Bonchev–Trinajstić information content (AvgIpc) is 2.57. The maximum Gasteiger partial charge on any atom is 0.416 e. The van der Waals surface area contributed by atoms with E-state index in [0.717, 1.165) is 38.8 Å². The van der Waals surface area contributed by atoms with E-state index in [-0.39, 0.29) is 0 Å².